The molecule has 1 amide bonds. The monoisotopic (exact) mass is 243 g/mol. The molecule has 0 fully saturated rings. The first-order valence-corrected chi connectivity index (χ1v) is 6.56. The van der Waals surface area contributed by atoms with Crippen LogP contribution in [0.25, 0.3) is 0 Å². The molecule has 100 valence electrons. The van der Waals surface area contributed by atoms with Crippen LogP contribution in [0.4, 0.5) is 0 Å². The van der Waals surface area contributed by atoms with Gasteiger partial charge in [0.05, 0.1) is 13.2 Å². The summed E-state index contributed by atoms with van der Waals surface area (Å²) in [6.45, 7) is 5.52. The van der Waals surface area contributed by atoms with Crippen LogP contribution in [-0.4, -0.2) is 31.4 Å². The Labute approximate surface area is 104 Å². The van der Waals surface area contributed by atoms with E-state index >= 15 is 0 Å². The number of carbonyl (C=O) groups is 2. The highest BCUT2D eigenvalue weighted by atomic mass is 16.5. The fourth-order valence-electron chi connectivity index (χ4n) is 1.37. The van der Waals surface area contributed by atoms with Crippen LogP contribution in [0.2, 0.25) is 0 Å². The SMILES string of the molecule is CCCCC(=O)CCOCCNC(=O)CCC. The van der Waals surface area contributed by atoms with Gasteiger partial charge in [-0.1, -0.05) is 20.3 Å². The number of rotatable bonds is 11. The molecule has 0 bridgehead atoms. The van der Waals surface area contributed by atoms with Crippen LogP contribution in [0.5, 0.6) is 0 Å². The van der Waals surface area contributed by atoms with Crippen LogP contribution < -0.4 is 5.32 Å². The van der Waals surface area contributed by atoms with Gasteiger partial charge in [-0.2, -0.15) is 0 Å². The van der Waals surface area contributed by atoms with Crippen molar-refractivity contribution in [3.63, 3.8) is 0 Å². The Balaban J connectivity index is 3.23. The Kier molecular flexibility index (Phi) is 11.0. The lowest BCUT2D eigenvalue weighted by Crippen LogP contribution is -2.27. The van der Waals surface area contributed by atoms with Gasteiger partial charge >= 0.3 is 0 Å². The van der Waals surface area contributed by atoms with Gasteiger partial charge in [0.25, 0.3) is 0 Å². The fraction of sp³-hybridized carbons (Fsp3) is 0.846. The van der Waals surface area contributed by atoms with Crippen molar-refractivity contribution >= 4 is 11.7 Å². The Morgan fingerprint density at radius 1 is 1.00 bits per heavy atom. The molecule has 1 N–H and O–H groups in total. The van der Waals surface area contributed by atoms with E-state index in [1.807, 2.05) is 6.92 Å². The molecular formula is C13H25NO3. The van der Waals surface area contributed by atoms with Gasteiger partial charge in [-0.3, -0.25) is 9.59 Å². The molecule has 0 atom stereocenters. The molecule has 0 unspecified atom stereocenters. The van der Waals surface area contributed by atoms with Gasteiger partial charge in [0.15, 0.2) is 0 Å². The van der Waals surface area contributed by atoms with E-state index in [0.717, 1.165) is 19.3 Å². The number of carbonyl (C=O) groups excluding carboxylic acids is 2. The van der Waals surface area contributed by atoms with Crippen LogP contribution in [0, 0.1) is 0 Å². The standard InChI is InChI=1S/C13H25NO3/c1-3-5-7-12(15)8-10-17-11-9-14-13(16)6-4-2/h3-11H2,1-2H3,(H,14,16). The Hall–Kier alpha value is -0.900. The van der Waals surface area contributed by atoms with Crippen molar-refractivity contribution < 1.29 is 14.3 Å². The third-order valence-electron chi connectivity index (χ3n) is 2.38. The highest BCUT2D eigenvalue weighted by Crippen LogP contribution is 1.98. The van der Waals surface area contributed by atoms with E-state index in [4.69, 9.17) is 4.74 Å². The maximum Gasteiger partial charge on any atom is 0.220 e. The molecule has 0 aliphatic carbocycles. The zero-order chi connectivity index (χ0) is 12.9. The number of Topliss-reactive ketones (excluding diaryl/α,β-unsaturated/α-hetero) is 1. The minimum atomic E-state index is 0.0649. The van der Waals surface area contributed by atoms with Gasteiger partial charge in [0, 0.05) is 25.8 Å². The van der Waals surface area contributed by atoms with Crippen LogP contribution in [-0.2, 0) is 14.3 Å². The lowest BCUT2D eigenvalue weighted by Gasteiger charge is -2.05. The van der Waals surface area contributed by atoms with E-state index in [1.54, 1.807) is 0 Å². The van der Waals surface area contributed by atoms with Gasteiger partial charge in [-0.05, 0) is 12.8 Å². The summed E-state index contributed by atoms with van der Waals surface area (Å²) < 4.78 is 5.28. The summed E-state index contributed by atoms with van der Waals surface area (Å²) in [5, 5.41) is 2.76. The normalized spacial score (nSPS) is 10.2. The molecule has 0 rings (SSSR count). The quantitative estimate of drug-likeness (QED) is 0.565. The van der Waals surface area contributed by atoms with Crippen LogP contribution >= 0.6 is 0 Å². The first-order valence-electron chi connectivity index (χ1n) is 6.56. The maximum absolute atomic E-state index is 11.3. The smallest absolute Gasteiger partial charge is 0.220 e. The van der Waals surface area contributed by atoms with Crippen molar-refractivity contribution in [2.75, 3.05) is 19.8 Å². The zero-order valence-electron chi connectivity index (χ0n) is 11.1. The number of hydrogen-bond acceptors (Lipinski definition) is 3. The number of unbranched alkanes of at least 4 members (excludes halogenated alkanes) is 1. The highest BCUT2D eigenvalue weighted by molar-refractivity contribution is 5.78. The molecule has 17 heavy (non-hydrogen) atoms. The number of hydrogen-bond donors (Lipinski definition) is 1. The van der Waals surface area contributed by atoms with E-state index < -0.39 is 0 Å². The topological polar surface area (TPSA) is 55.4 Å². The van der Waals surface area contributed by atoms with E-state index in [1.165, 1.54) is 0 Å². The Morgan fingerprint density at radius 2 is 1.76 bits per heavy atom. The molecule has 0 aliphatic heterocycles. The van der Waals surface area contributed by atoms with Crippen molar-refractivity contribution in [1.29, 1.82) is 0 Å². The number of nitrogens with one attached hydrogen (secondary N) is 1. The number of ether oxygens (including phenoxy) is 1. The van der Waals surface area contributed by atoms with E-state index in [9.17, 15) is 9.59 Å². The van der Waals surface area contributed by atoms with E-state index in [-0.39, 0.29) is 11.7 Å². The average Bonchev–Trinajstić information content (AvgIpc) is 2.31. The molecule has 0 aromatic carbocycles. The Morgan fingerprint density at radius 3 is 2.41 bits per heavy atom. The lowest BCUT2D eigenvalue weighted by molar-refractivity contribution is -0.122. The van der Waals surface area contributed by atoms with Crippen molar-refractivity contribution in [3.05, 3.63) is 0 Å². The van der Waals surface area contributed by atoms with Crippen LogP contribution in [0.15, 0.2) is 0 Å². The molecule has 4 heteroatoms. The predicted molar refractivity (Wildman–Crippen MR) is 67.9 cm³/mol. The molecule has 0 saturated heterocycles. The minimum Gasteiger partial charge on any atom is -0.379 e. The predicted octanol–water partition coefficient (Wildman–Crippen LogP) is 2.07. The fourth-order valence-corrected chi connectivity index (χ4v) is 1.37. The van der Waals surface area contributed by atoms with Crippen LogP contribution in [0.3, 0.4) is 0 Å². The molecule has 4 nitrogen and oxygen atoms in total. The maximum atomic E-state index is 11.3. The number of ketones is 1. The lowest BCUT2D eigenvalue weighted by atomic mass is 10.1. The van der Waals surface area contributed by atoms with Crippen molar-refractivity contribution in [2.45, 2.75) is 52.4 Å². The summed E-state index contributed by atoms with van der Waals surface area (Å²) in [7, 11) is 0. The second kappa shape index (κ2) is 11.6. The van der Waals surface area contributed by atoms with Gasteiger partial charge < -0.3 is 10.1 Å². The van der Waals surface area contributed by atoms with E-state index in [2.05, 4.69) is 12.2 Å². The third kappa shape index (κ3) is 11.4. The summed E-state index contributed by atoms with van der Waals surface area (Å²) >= 11 is 0. The van der Waals surface area contributed by atoms with Crippen molar-refractivity contribution in [1.82, 2.24) is 5.32 Å². The molecular weight excluding hydrogens is 218 g/mol. The second-order valence-electron chi connectivity index (χ2n) is 4.10. The molecule has 0 spiro atoms. The first kappa shape index (κ1) is 16.1. The summed E-state index contributed by atoms with van der Waals surface area (Å²) in [6.07, 6.45) is 4.59. The van der Waals surface area contributed by atoms with E-state index in [0.29, 0.717) is 39.0 Å². The van der Waals surface area contributed by atoms with Crippen molar-refractivity contribution in [3.8, 4) is 0 Å². The third-order valence-corrected chi connectivity index (χ3v) is 2.38. The summed E-state index contributed by atoms with van der Waals surface area (Å²) in [4.78, 5) is 22.4. The van der Waals surface area contributed by atoms with Gasteiger partial charge in [-0.15, -0.1) is 0 Å². The molecule has 0 aromatic rings. The van der Waals surface area contributed by atoms with Crippen molar-refractivity contribution in [2.24, 2.45) is 0 Å². The van der Waals surface area contributed by atoms with Crippen LogP contribution in [0.1, 0.15) is 52.4 Å². The summed E-state index contributed by atoms with van der Waals surface area (Å²) in [5.74, 6) is 0.331. The highest BCUT2D eigenvalue weighted by Gasteiger charge is 2.01. The summed E-state index contributed by atoms with van der Waals surface area (Å²) in [6, 6.07) is 0. The molecule has 0 radical (unpaired) electrons. The molecule has 0 aromatic heterocycles. The van der Waals surface area contributed by atoms with Gasteiger partial charge in [-0.25, -0.2) is 0 Å². The summed E-state index contributed by atoms with van der Waals surface area (Å²) in [5.41, 5.74) is 0. The molecule has 0 aliphatic rings. The van der Waals surface area contributed by atoms with Gasteiger partial charge in [0.2, 0.25) is 5.91 Å². The first-order chi connectivity index (χ1) is 8.20. The largest absolute Gasteiger partial charge is 0.379 e. The number of amides is 1. The molecule has 0 heterocycles. The zero-order valence-corrected chi connectivity index (χ0v) is 11.1. The molecule has 0 saturated carbocycles. The average molecular weight is 243 g/mol. The Bertz CT molecular complexity index is 217. The minimum absolute atomic E-state index is 0.0649. The van der Waals surface area contributed by atoms with Gasteiger partial charge in [0.1, 0.15) is 5.78 Å². The second-order valence-corrected chi connectivity index (χ2v) is 4.10.